The molecule has 20 heavy (non-hydrogen) atoms. The first-order valence-corrected chi connectivity index (χ1v) is 7.58. The van der Waals surface area contributed by atoms with Crippen LogP contribution < -0.4 is 11.1 Å². The van der Waals surface area contributed by atoms with Crippen molar-refractivity contribution in [1.82, 2.24) is 5.32 Å². The highest BCUT2D eigenvalue weighted by atomic mass is 16.7. The maximum atomic E-state index is 11.3. The van der Waals surface area contributed by atoms with Gasteiger partial charge < -0.3 is 20.4 Å². The topological polar surface area (TPSA) is 73.6 Å². The molecule has 114 valence electrons. The van der Waals surface area contributed by atoms with Gasteiger partial charge in [-0.15, -0.1) is 0 Å². The fraction of sp³-hybridized carbons (Fsp3) is 0.929. The second-order valence-corrected chi connectivity index (χ2v) is 7.04. The van der Waals surface area contributed by atoms with Crippen LogP contribution in [0.5, 0.6) is 0 Å². The second kappa shape index (κ2) is 5.66. The molecule has 2 aliphatic heterocycles. The van der Waals surface area contributed by atoms with Crippen LogP contribution in [0.4, 0.5) is 0 Å². The lowest BCUT2D eigenvalue weighted by molar-refractivity contribution is -0.122. The Morgan fingerprint density at radius 3 is 2.40 bits per heavy atom. The molecule has 0 spiro atoms. The molecule has 2 unspecified atom stereocenters. The highest BCUT2D eigenvalue weighted by Gasteiger charge is 2.50. The average Bonchev–Trinajstić information content (AvgIpc) is 2.82. The summed E-state index contributed by atoms with van der Waals surface area (Å²) in [7, 11) is -0.138. The minimum Gasteiger partial charge on any atom is -0.403 e. The summed E-state index contributed by atoms with van der Waals surface area (Å²) in [6.45, 7) is 9.87. The molecule has 2 saturated heterocycles. The van der Waals surface area contributed by atoms with E-state index in [0.717, 1.165) is 32.3 Å². The molecule has 2 aliphatic rings. The Balaban J connectivity index is 1.76. The standard InChI is InChI=1S/C14H27BN2O3/c1-13(2)14(3,4)20-15(19-13)7-5-6-10-8-17-9-11(10)12(16)18/h10-11,17H,5-9H2,1-4H3,(H2,16,18). The minimum atomic E-state index is -0.262. The Hall–Kier alpha value is -0.585. The van der Waals surface area contributed by atoms with E-state index in [1.807, 2.05) is 0 Å². The largest absolute Gasteiger partial charge is 0.457 e. The molecule has 0 aliphatic carbocycles. The van der Waals surface area contributed by atoms with Crippen molar-refractivity contribution in [3.05, 3.63) is 0 Å². The molecule has 5 nitrogen and oxygen atoms in total. The summed E-state index contributed by atoms with van der Waals surface area (Å²) >= 11 is 0. The van der Waals surface area contributed by atoms with Crippen LogP contribution in [0.3, 0.4) is 0 Å². The van der Waals surface area contributed by atoms with Crippen LogP contribution in [0.2, 0.25) is 6.32 Å². The lowest BCUT2D eigenvalue weighted by atomic mass is 9.79. The van der Waals surface area contributed by atoms with Gasteiger partial charge >= 0.3 is 7.12 Å². The van der Waals surface area contributed by atoms with E-state index in [4.69, 9.17) is 15.0 Å². The SMILES string of the molecule is CC1(C)OB(CCCC2CNCC2C(N)=O)OC1(C)C. The first-order valence-electron chi connectivity index (χ1n) is 7.58. The van der Waals surface area contributed by atoms with Crippen LogP contribution in [0.15, 0.2) is 0 Å². The number of nitrogens with two attached hydrogens (primary N) is 1. The smallest absolute Gasteiger partial charge is 0.403 e. The third-order valence-corrected chi connectivity index (χ3v) is 5.02. The van der Waals surface area contributed by atoms with E-state index in [1.54, 1.807) is 0 Å². The van der Waals surface area contributed by atoms with Crippen LogP contribution in [0.1, 0.15) is 40.5 Å². The molecular formula is C14H27BN2O3. The van der Waals surface area contributed by atoms with Gasteiger partial charge in [0.1, 0.15) is 0 Å². The van der Waals surface area contributed by atoms with Crippen molar-refractivity contribution in [2.45, 2.75) is 58.1 Å². The first-order chi connectivity index (χ1) is 9.23. The molecule has 0 aromatic heterocycles. The Labute approximate surface area is 122 Å². The number of nitrogens with one attached hydrogen (secondary N) is 1. The predicted molar refractivity (Wildman–Crippen MR) is 79.2 cm³/mol. The van der Waals surface area contributed by atoms with Crippen LogP contribution in [0.25, 0.3) is 0 Å². The van der Waals surface area contributed by atoms with Gasteiger partial charge in [-0.3, -0.25) is 4.79 Å². The summed E-state index contributed by atoms with van der Waals surface area (Å²) in [5.41, 5.74) is 4.90. The van der Waals surface area contributed by atoms with E-state index in [2.05, 4.69) is 33.0 Å². The number of hydrogen-bond acceptors (Lipinski definition) is 4. The van der Waals surface area contributed by atoms with Gasteiger partial charge in [0.15, 0.2) is 0 Å². The van der Waals surface area contributed by atoms with Crippen molar-refractivity contribution in [3.8, 4) is 0 Å². The normalized spacial score (nSPS) is 31.7. The maximum Gasteiger partial charge on any atom is 0.457 e. The van der Waals surface area contributed by atoms with Gasteiger partial charge in [0.05, 0.1) is 17.1 Å². The van der Waals surface area contributed by atoms with E-state index >= 15 is 0 Å². The number of amides is 1. The predicted octanol–water partition coefficient (Wildman–Crippen LogP) is 1.18. The molecule has 0 radical (unpaired) electrons. The van der Waals surface area contributed by atoms with Crippen molar-refractivity contribution >= 4 is 13.0 Å². The van der Waals surface area contributed by atoms with Gasteiger partial charge in [-0.1, -0.05) is 6.42 Å². The van der Waals surface area contributed by atoms with Crippen molar-refractivity contribution < 1.29 is 14.1 Å². The molecule has 0 bridgehead atoms. The minimum absolute atomic E-state index is 0.0201. The zero-order chi connectivity index (χ0) is 15.0. The van der Waals surface area contributed by atoms with Gasteiger partial charge in [0, 0.05) is 6.54 Å². The molecule has 1 amide bonds. The van der Waals surface area contributed by atoms with E-state index in [-0.39, 0.29) is 30.1 Å². The Kier molecular flexibility index (Phi) is 4.47. The van der Waals surface area contributed by atoms with Crippen LogP contribution in [0, 0.1) is 11.8 Å². The third kappa shape index (κ3) is 3.18. The van der Waals surface area contributed by atoms with E-state index in [0.29, 0.717) is 5.92 Å². The Morgan fingerprint density at radius 2 is 1.85 bits per heavy atom. The molecule has 2 atom stereocenters. The van der Waals surface area contributed by atoms with Crippen molar-refractivity contribution in [3.63, 3.8) is 0 Å². The molecule has 0 aromatic carbocycles. The molecular weight excluding hydrogens is 255 g/mol. The third-order valence-electron chi connectivity index (χ3n) is 5.02. The molecule has 3 N–H and O–H groups in total. The summed E-state index contributed by atoms with van der Waals surface area (Å²) in [5.74, 6) is 0.152. The molecule has 2 rings (SSSR count). The lowest BCUT2D eigenvalue weighted by Gasteiger charge is -2.32. The molecule has 2 heterocycles. The number of carbonyl (C=O) groups excluding carboxylic acids is 1. The Bertz CT molecular complexity index is 357. The van der Waals surface area contributed by atoms with Crippen LogP contribution in [-0.4, -0.2) is 37.3 Å². The summed E-state index contributed by atoms with van der Waals surface area (Å²) in [4.78, 5) is 11.3. The molecule has 0 aromatic rings. The van der Waals surface area contributed by atoms with Crippen LogP contribution in [-0.2, 0) is 14.1 Å². The maximum absolute atomic E-state index is 11.3. The summed E-state index contributed by atoms with van der Waals surface area (Å²) < 4.78 is 11.9. The summed E-state index contributed by atoms with van der Waals surface area (Å²) in [6.07, 6.45) is 2.85. The molecule has 2 fully saturated rings. The average molecular weight is 282 g/mol. The fourth-order valence-corrected chi connectivity index (χ4v) is 3.00. The van der Waals surface area contributed by atoms with E-state index in [9.17, 15) is 4.79 Å². The molecule has 6 heteroatoms. The zero-order valence-corrected chi connectivity index (χ0v) is 13.1. The highest BCUT2D eigenvalue weighted by molar-refractivity contribution is 6.45. The Morgan fingerprint density at radius 1 is 1.25 bits per heavy atom. The van der Waals surface area contributed by atoms with Gasteiger partial charge in [-0.05, 0) is 52.9 Å². The van der Waals surface area contributed by atoms with Gasteiger partial charge in [0.2, 0.25) is 5.91 Å². The second-order valence-electron chi connectivity index (χ2n) is 7.04. The fourth-order valence-electron chi connectivity index (χ4n) is 3.00. The lowest BCUT2D eigenvalue weighted by Crippen LogP contribution is -2.41. The van der Waals surface area contributed by atoms with E-state index in [1.165, 1.54) is 0 Å². The van der Waals surface area contributed by atoms with Crippen LogP contribution >= 0.6 is 0 Å². The van der Waals surface area contributed by atoms with Gasteiger partial charge in [0.25, 0.3) is 0 Å². The van der Waals surface area contributed by atoms with Crippen molar-refractivity contribution in [2.24, 2.45) is 17.6 Å². The van der Waals surface area contributed by atoms with Crippen molar-refractivity contribution in [2.75, 3.05) is 13.1 Å². The molecule has 0 saturated carbocycles. The van der Waals surface area contributed by atoms with Gasteiger partial charge in [-0.25, -0.2) is 0 Å². The number of rotatable bonds is 5. The van der Waals surface area contributed by atoms with Gasteiger partial charge in [-0.2, -0.15) is 0 Å². The first kappa shape index (κ1) is 15.8. The highest BCUT2D eigenvalue weighted by Crippen LogP contribution is 2.38. The van der Waals surface area contributed by atoms with Crippen molar-refractivity contribution in [1.29, 1.82) is 0 Å². The summed E-state index contributed by atoms with van der Waals surface area (Å²) in [6, 6.07) is 0. The number of carbonyl (C=O) groups is 1. The number of primary amides is 1. The van der Waals surface area contributed by atoms with E-state index < -0.39 is 0 Å². The monoisotopic (exact) mass is 282 g/mol. The zero-order valence-electron chi connectivity index (χ0n) is 13.1. The summed E-state index contributed by atoms with van der Waals surface area (Å²) in [5, 5.41) is 3.25. The quantitative estimate of drug-likeness (QED) is 0.743. The number of hydrogen-bond donors (Lipinski definition) is 2.